The van der Waals surface area contributed by atoms with Crippen molar-refractivity contribution in [2.45, 2.75) is 12.8 Å². The van der Waals surface area contributed by atoms with Gasteiger partial charge >= 0.3 is 0 Å². The number of carbonyl (C=O) groups excluding carboxylic acids is 1. The Balaban J connectivity index is 2.25. The van der Waals surface area contributed by atoms with Crippen LogP contribution >= 0.6 is 0 Å². The van der Waals surface area contributed by atoms with E-state index in [1.165, 1.54) is 17.0 Å². The van der Waals surface area contributed by atoms with E-state index in [4.69, 9.17) is 0 Å². The van der Waals surface area contributed by atoms with Gasteiger partial charge in [0, 0.05) is 30.1 Å². The van der Waals surface area contributed by atoms with Crippen molar-refractivity contribution in [2.75, 3.05) is 11.4 Å². The third kappa shape index (κ3) is 2.35. The molecule has 0 N–H and O–H groups in total. The van der Waals surface area contributed by atoms with Crippen LogP contribution in [0.25, 0.3) is 0 Å². The zero-order valence-corrected chi connectivity index (χ0v) is 9.27. The zero-order valence-electron chi connectivity index (χ0n) is 9.27. The fourth-order valence-electron chi connectivity index (χ4n) is 1.97. The van der Waals surface area contributed by atoms with Crippen LogP contribution in [0.1, 0.15) is 18.4 Å². The van der Waals surface area contributed by atoms with Gasteiger partial charge in [-0.3, -0.25) is 4.79 Å². The van der Waals surface area contributed by atoms with E-state index in [9.17, 15) is 13.6 Å². The third-order valence-electron chi connectivity index (χ3n) is 2.92. The van der Waals surface area contributed by atoms with Crippen molar-refractivity contribution in [2.24, 2.45) is 5.92 Å². The average molecular weight is 237 g/mol. The summed E-state index contributed by atoms with van der Waals surface area (Å²) < 4.78 is 25.1. The van der Waals surface area contributed by atoms with Crippen molar-refractivity contribution < 1.29 is 13.6 Å². The Labute approximate surface area is 98.5 Å². The topological polar surface area (TPSA) is 20.3 Å². The van der Waals surface area contributed by atoms with Crippen LogP contribution in [-0.2, 0) is 4.79 Å². The van der Waals surface area contributed by atoms with Crippen molar-refractivity contribution in [1.82, 2.24) is 0 Å². The largest absolute Gasteiger partial charge is 0.312 e. The van der Waals surface area contributed by atoms with E-state index in [2.05, 4.69) is 6.58 Å². The smallest absolute Gasteiger partial charge is 0.263 e. The van der Waals surface area contributed by atoms with Gasteiger partial charge in [0.05, 0.1) is 0 Å². The maximum atomic E-state index is 12.6. The molecule has 2 nitrogen and oxygen atoms in total. The molecular formula is C13H13F2NO. The molecular weight excluding hydrogens is 224 g/mol. The van der Waals surface area contributed by atoms with E-state index < -0.39 is 6.43 Å². The number of rotatable bonds is 3. The minimum Gasteiger partial charge on any atom is -0.312 e. The van der Waals surface area contributed by atoms with Crippen molar-refractivity contribution in [3.05, 3.63) is 42.5 Å². The number of carbonyl (C=O) groups is 1. The van der Waals surface area contributed by atoms with Crippen LogP contribution in [0.4, 0.5) is 14.5 Å². The van der Waals surface area contributed by atoms with Gasteiger partial charge in [-0.2, -0.15) is 0 Å². The number of hydrogen-bond donors (Lipinski definition) is 0. The van der Waals surface area contributed by atoms with Crippen LogP contribution in [0.15, 0.2) is 36.9 Å². The molecule has 0 spiro atoms. The monoisotopic (exact) mass is 237 g/mol. The van der Waals surface area contributed by atoms with Crippen molar-refractivity contribution in [3.8, 4) is 0 Å². The molecule has 17 heavy (non-hydrogen) atoms. The lowest BCUT2D eigenvalue weighted by Crippen LogP contribution is -2.24. The highest BCUT2D eigenvalue weighted by molar-refractivity contribution is 5.96. The third-order valence-corrected chi connectivity index (χ3v) is 2.92. The molecule has 0 radical (unpaired) electrons. The van der Waals surface area contributed by atoms with Crippen LogP contribution in [0.3, 0.4) is 0 Å². The molecule has 1 fully saturated rings. The predicted molar refractivity (Wildman–Crippen MR) is 62.1 cm³/mol. The minimum atomic E-state index is -2.51. The second-order valence-corrected chi connectivity index (χ2v) is 4.10. The highest BCUT2D eigenvalue weighted by Gasteiger charge is 2.28. The summed E-state index contributed by atoms with van der Waals surface area (Å²) in [7, 11) is 0. The lowest BCUT2D eigenvalue weighted by atomic mass is 10.1. The molecule has 1 aliphatic rings. The quantitative estimate of drug-likeness (QED) is 0.739. The number of anilines is 1. The molecule has 90 valence electrons. The molecule has 1 saturated heterocycles. The van der Waals surface area contributed by atoms with E-state index in [1.54, 1.807) is 18.2 Å². The molecule has 0 aromatic heterocycles. The first-order chi connectivity index (χ1) is 8.11. The van der Waals surface area contributed by atoms with Gasteiger partial charge in [0.1, 0.15) is 0 Å². The Kier molecular flexibility index (Phi) is 3.22. The summed E-state index contributed by atoms with van der Waals surface area (Å²) in [6.07, 6.45) is -0.375. The number of benzene rings is 1. The molecule has 0 aliphatic carbocycles. The number of alkyl halides is 2. The number of hydrogen-bond acceptors (Lipinski definition) is 1. The zero-order chi connectivity index (χ0) is 12.4. The van der Waals surface area contributed by atoms with Gasteiger partial charge in [0.2, 0.25) is 5.91 Å². The maximum absolute atomic E-state index is 12.6. The average Bonchev–Trinajstić information content (AvgIpc) is 2.71. The molecule has 1 amide bonds. The molecule has 2 rings (SSSR count). The van der Waals surface area contributed by atoms with Crippen molar-refractivity contribution in [1.29, 1.82) is 0 Å². The lowest BCUT2D eigenvalue weighted by Gasteiger charge is -2.17. The summed E-state index contributed by atoms with van der Waals surface area (Å²) in [6, 6.07) is 5.95. The van der Waals surface area contributed by atoms with Crippen molar-refractivity contribution in [3.63, 3.8) is 0 Å². The molecule has 1 heterocycles. The molecule has 1 aromatic rings. The highest BCUT2D eigenvalue weighted by Crippen LogP contribution is 2.28. The lowest BCUT2D eigenvalue weighted by molar-refractivity contribution is -0.117. The minimum absolute atomic E-state index is 0.0404. The first-order valence-electron chi connectivity index (χ1n) is 5.43. The standard InChI is InChI=1S/C13H13F2NO/c1-2-9-6-12(17)16(8-9)11-5-3-4-10(7-11)13(14)15/h2-5,7,9,13H,1,6,8H2. The number of nitrogens with zero attached hydrogens (tertiary/aromatic N) is 1. The van der Waals surface area contributed by atoms with E-state index in [1.807, 2.05) is 0 Å². The number of halogens is 2. The Bertz CT molecular complexity index is 445. The molecule has 1 aliphatic heterocycles. The van der Waals surface area contributed by atoms with Crippen LogP contribution in [0.5, 0.6) is 0 Å². The summed E-state index contributed by atoms with van der Waals surface area (Å²) in [4.78, 5) is 13.3. The maximum Gasteiger partial charge on any atom is 0.263 e. The fourth-order valence-corrected chi connectivity index (χ4v) is 1.97. The van der Waals surface area contributed by atoms with Gasteiger partial charge in [-0.25, -0.2) is 8.78 Å². The first kappa shape index (κ1) is 11.8. The Hall–Kier alpha value is -1.71. The highest BCUT2D eigenvalue weighted by atomic mass is 19.3. The molecule has 1 unspecified atom stereocenters. The second-order valence-electron chi connectivity index (χ2n) is 4.10. The van der Waals surface area contributed by atoms with Gasteiger partial charge in [0.15, 0.2) is 0 Å². The Morgan fingerprint density at radius 2 is 2.24 bits per heavy atom. The molecule has 1 aromatic carbocycles. The van der Waals surface area contributed by atoms with Gasteiger partial charge in [0.25, 0.3) is 6.43 Å². The number of amides is 1. The van der Waals surface area contributed by atoms with E-state index >= 15 is 0 Å². The Morgan fingerprint density at radius 3 is 2.82 bits per heavy atom. The van der Waals surface area contributed by atoms with Gasteiger partial charge in [-0.05, 0) is 12.1 Å². The van der Waals surface area contributed by atoms with Gasteiger partial charge in [-0.1, -0.05) is 18.2 Å². The predicted octanol–water partition coefficient (Wildman–Crippen LogP) is 3.16. The van der Waals surface area contributed by atoms with E-state index in [0.29, 0.717) is 18.7 Å². The molecule has 0 bridgehead atoms. The first-order valence-corrected chi connectivity index (χ1v) is 5.43. The van der Waals surface area contributed by atoms with E-state index in [-0.39, 0.29) is 17.4 Å². The van der Waals surface area contributed by atoms with E-state index in [0.717, 1.165) is 0 Å². The van der Waals surface area contributed by atoms with Crippen LogP contribution in [0, 0.1) is 5.92 Å². The summed E-state index contributed by atoms with van der Waals surface area (Å²) in [6.45, 7) is 4.17. The van der Waals surface area contributed by atoms with Crippen molar-refractivity contribution >= 4 is 11.6 Å². The van der Waals surface area contributed by atoms with Crippen LogP contribution in [0.2, 0.25) is 0 Å². The van der Waals surface area contributed by atoms with Crippen LogP contribution < -0.4 is 4.90 Å². The Morgan fingerprint density at radius 1 is 1.47 bits per heavy atom. The summed E-state index contributed by atoms with van der Waals surface area (Å²) in [5.74, 6) is 0.0685. The molecule has 0 saturated carbocycles. The second kappa shape index (κ2) is 4.65. The SMILES string of the molecule is C=CC1CC(=O)N(c2cccc(C(F)F)c2)C1. The molecule has 1 atom stereocenters. The molecule has 4 heteroatoms. The normalized spacial score (nSPS) is 20.1. The van der Waals surface area contributed by atoms with Crippen LogP contribution in [-0.4, -0.2) is 12.5 Å². The summed E-state index contributed by atoms with van der Waals surface area (Å²) in [5, 5.41) is 0. The fraction of sp³-hybridized carbons (Fsp3) is 0.308. The summed E-state index contributed by atoms with van der Waals surface area (Å²) >= 11 is 0. The van der Waals surface area contributed by atoms with Gasteiger partial charge in [-0.15, -0.1) is 6.58 Å². The summed E-state index contributed by atoms with van der Waals surface area (Å²) in [5.41, 5.74) is 0.481. The van der Waals surface area contributed by atoms with Gasteiger partial charge < -0.3 is 4.90 Å².